The SMILES string of the molecule is C[C@H](O)CNCCC1CCCCC1. The maximum absolute atomic E-state index is 9.03. The lowest BCUT2D eigenvalue weighted by atomic mass is 9.87. The molecule has 0 heterocycles. The second-order valence-electron chi connectivity index (χ2n) is 4.35. The van der Waals surface area contributed by atoms with Gasteiger partial charge in [0.1, 0.15) is 0 Å². The van der Waals surface area contributed by atoms with Crippen LogP contribution in [0.3, 0.4) is 0 Å². The molecule has 0 aliphatic heterocycles. The van der Waals surface area contributed by atoms with Gasteiger partial charge in [-0.3, -0.25) is 0 Å². The Labute approximate surface area is 81.7 Å². The van der Waals surface area contributed by atoms with Crippen molar-refractivity contribution in [3.63, 3.8) is 0 Å². The Bertz CT molecular complexity index is 119. The van der Waals surface area contributed by atoms with E-state index in [1.54, 1.807) is 0 Å². The predicted molar refractivity (Wildman–Crippen MR) is 55.7 cm³/mol. The molecule has 13 heavy (non-hydrogen) atoms. The highest BCUT2D eigenvalue weighted by Gasteiger charge is 2.12. The third kappa shape index (κ3) is 5.27. The highest BCUT2D eigenvalue weighted by Crippen LogP contribution is 2.25. The van der Waals surface area contributed by atoms with Gasteiger partial charge in [-0.25, -0.2) is 0 Å². The molecule has 0 amide bonds. The van der Waals surface area contributed by atoms with Crippen molar-refractivity contribution in [2.75, 3.05) is 13.1 Å². The second kappa shape index (κ2) is 6.39. The zero-order chi connectivity index (χ0) is 9.52. The summed E-state index contributed by atoms with van der Waals surface area (Å²) < 4.78 is 0. The van der Waals surface area contributed by atoms with Crippen LogP contribution in [0.2, 0.25) is 0 Å². The van der Waals surface area contributed by atoms with Crippen LogP contribution in [-0.2, 0) is 0 Å². The van der Waals surface area contributed by atoms with Crippen molar-refractivity contribution < 1.29 is 5.11 Å². The van der Waals surface area contributed by atoms with E-state index in [0.717, 1.165) is 19.0 Å². The molecular formula is C11H23NO. The van der Waals surface area contributed by atoms with Crippen LogP contribution in [0, 0.1) is 5.92 Å². The van der Waals surface area contributed by atoms with Crippen LogP contribution in [0.5, 0.6) is 0 Å². The van der Waals surface area contributed by atoms with E-state index >= 15 is 0 Å². The molecular weight excluding hydrogens is 162 g/mol. The van der Waals surface area contributed by atoms with Crippen LogP contribution in [0.1, 0.15) is 45.4 Å². The molecule has 1 saturated carbocycles. The molecule has 1 aliphatic carbocycles. The number of aliphatic hydroxyl groups excluding tert-OH is 1. The van der Waals surface area contributed by atoms with Crippen LogP contribution in [-0.4, -0.2) is 24.3 Å². The summed E-state index contributed by atoms with van der Waals surface area (Å²) in [4.78, 5) is 0. The Balaban J connectivity index is 1.92. The van der Waals surface area contributed by atoms with E-state index in [0.29, 0.717) is 0 Å². The smallest absolute Gasteiger partial charge is 0.0636 e. The fraction of sp³-hybridized carbons (Fsp3) is 1.00. The quantitative estimate of drug-likeness (QED) is 0.641. The van der Waals surface area contributed by atoms with Gasteiger partial charge in [0, 0.05) is 6.54 Å². The normalized spacial score (nSPS) is 21.7. The summed E-state index contributed by atoms with van der Waals surface area (Å²) >= 11 is 0. The summed E-state index contributed by atoms with van der Waals surface area (Å²) in [6.07, 6.45) is 8.26. The fourth-order valence-electron chi connectivity index (χ4n) is 2.09. The Morgan fingerprint density at radius 3 is 2.62 bits per heavy atom. The van der Waals surface area contributed by atoms with Crippen molar-refractivity contribution in [2.45, 2.75) is 51.6 Å². The standard InChI is InChI=1S/C11H23NO/c1-10(13)9-12-8-7-11-5-3-2-4-6-11/h10-13H,2-9H2,1H3/t10-/m0/s1. The fourth-order valence-corrected chi connectivity index (χ4v) is 2.09. The molecule has 2 N–H and O–H groups in total. The van der Waals surface area contributed by atoms with E-state index < -0.39 is 0 Å². The molecule has 0 aromatic heterocycles. The number of rotatable bonds is 5. The van der Waals surface area contributed by atoms with Crippen LogP contribution < -0.4 is 5.32 Å². The molecule has 2 nitrogen and oxygen atoms in total. The van der Waals surface area contributed by atoms with Crippen molar-refractivity contribution in [1.29, 1.82) is 0 Å². The Morgan fingerprint density at radius 2 is 2.00 bits per heavy atom. The lowest BCUT2D eigenvalue weighted by molar-refractivity contribution is 0.189. The van der Waals surface area contributed by atoms with Crippen LogP contribution in [0.4, 0.5) is 0 Å². The van der Waals surface area contributed by atoms with Gasteiger partial charge in [0.05, 0.1) is 6.10 Å². The van der Waals surface area contributed by atoms with Crippen molar-refractivity contribution in [3.05, 3.63) is 0 Å². The summed E-state index contributed by atoms with van der Waals surface area (Å²) in [7, 11) is 0. The number of nitrogens with one attached hydrogen (secondary N) is 1. The van der Waals surface area contributed by atoms with Gasteiger partial charge < -0.3 is 10.4 Å². The molecule has 0 spiro atoms. The predicted octanol–water partition coefficient (Wildman–Crippen LogP) is 1.93. The molecule has 1 aliphatic rings. The van der Waals surface area contributed by atoms with Gasteiger partial charge >= 0.3 is 0 Å². The van der Waals surface area contributed by atoms with Crippen LogP contribution in [0.15, 0.2) is 0 Å². The highest BCUT2D eigenvalue weighted by molar-refractivity contribution is 4.67. The summed E-state index contributed by atoms with van der Waals surface area (Å²) in [6.45, 7) is 3.65. The molecule has 78 valence electrons. The molecule has 0 aromatic carbocycles. The third-order valence-corrected chi connectivity index (χ3v) is 2.89. The monoisotopic (exact) mass is 185 g/mol. The zero-order valence-corrected chi connectivity index (χ0v) is 8.76. The van der Waals surface area contributed by atoms with Crippen molar-refractivity contribution in [3.8, 4) is 0 Å². The summed E-state index contributed by atoms with van der Waals surface area (Å²) in [6, 6.07) is 0. The average Bonchev–Trinajstić information content (AvgIpc) is 2.14. The van der Waals surface area contributed by atoms with Crippen molar-refractivity contribution in [1.82, 2.24) is 5.32 Å². The van der Waals surface area contributed by atoms with E-state index in [-0.39, 0.29) is 6.10 Å². The average molecular weight is 185 g/mol. The van der Waals surface area contributed by atoms with E-state index in [1.807, 2.05) is 6.92 Å². The van der Waals surface area contributed by atoms with E-state index in [9.17, 15) is 0 Å². The first-order valence-corrected chi connectivity index (χ1v) is 5.68. The molecule has 0 bridgehead atoms. The Morgan fingerprint density at radius 1 is 1.31 bits per heavy atom. The largest absolute Gasteiger partial charge is 0.392 e. The second-order valence-corrected chi connectivity index (χ2v) is 4.35. The Hall–Kier alpha value is -0.0800. The number of hydrogen-bond donors (Lipinski definition) is 2. The summed E-state index contributed by atoms with van der Waals surface area (Å²) in [5, 5.41) is 12.3. The Kier molecular flexibility index (Phi) is 5.40. The highest BCUT2D eigenvalue weighted by atomic mass is 16.3. The van der Waals surface area contributed by atoms with Gasteiger partial charge in [-0.2, -0.15) is 0 Å². The van der Waals surface area contributed by atoms with Gasteiger partial charge in [0.15, 0.2) is 0 Å². The summed E-state index contributed by atoms with van der Waals surface area (Å²) in [5.74, 6) is 0.954. The van der Waals surface area contributed by atoms with Crippen LogP contribution in [0.25, 0.3) is 0 Å². The molecule has 1 rings (SSSR count). The summed E-state index contributed by atoms with van der Waals surface area (Å²) in [5.41, 5.74) is 0. The topological polar surface area (TPSA) is 32.3 Å². The maximum Gasteiger partial charge on any atom is 0.0636 e. The van der Waals surface area contributed by atoms with E-state index in [4.69, 9.17) is 5.11 Å². The minimum absolute atomic E-state index is 0.202. The molecule has 1 fully saturated rings. The van der Waals surface area contributed by atoms with Crippen molar-refractivity contribution >= 4 is 0 Å². The molecule has 0 radical (unpaired) electrons. The first kappa shape index (κ1) is 11.0. The first-order valence-electron chi connectivity index (χ1n) is 5.68. The van der Waals surface area contributed by atoms with E-state index in [2.05, 4.69) is 5.32 Å². The number of aliphatic hydroxyl groups is 1. The van der Waals surface area contributed by atoms with Gasteiger partial charge in [-0.15, -0.1) is 0 Å². The molecule has 0 aromatic rings. The molecule has 0 unspecified atom stereocenters. The first-order chi connectivity index (χ1) is 6.29. The molecule has 2 heteroatoms. The van der Waals surface area contributed by atoms with Gasteiger partial charge in [-0.1, -0.05) is 32.1 Å². The maximum atomic E-state index is 9.03. The minimum atomic E-state index is -0.202. The number of hydrogen-bond acceptors (Lipinski definition) is 2. The molecule has 0 saturated heterocycles. The third-order valence-electron chi connectivity index (χ3n) is 2.89. The van der Waals surface area contributed by atoms with Gasteiger partial charge in [0.2, 0.25) is 0 Å². The van der Waals surface area contributed by atoms with Gasteiger partial charge in [-0.05, 0) is 25.8 Å². The minimum Gasteiger partial charge on any atom is -0.392 e. The van der Waals surface area contributed by atoms with E-state index in [1.165, 1.54) is 38.5 Å². The lowest BCUT2D eigenvalue weighted by Gasteiger charge is -2.21. The van der Waals surface area contributed by atoms with Crippen molar-refractivity contribution in [2.24, 2.45) is 5.92 Å². The zero-order valence-electron chi connectivity index (χ0n) is 8.76. The van der Waals surface area contributed by atoms with Crippen LogP contribution >= 0.6 is 0 Å². The molecule has 1 atom stereocenters. The van der Waals surface area contributed by atoms with Gasteiger partial charge in [0.25, 0.3) is 0 Å². The lowest BCUT2D eigenvalue weighted by Crippen LogP contribution is -2.26.